The van der Waals surface area contributed by atoms with Crippen molar-refractivity contribution in [2.24, 2.45) is 7.05 Å². The molecule has 0 radical (unpaired) electrons. The van der Waals surface area contributed by atoms with Gasteiger partial charge < -0.3 is 15.0 Å². The molecular formula is C13H23N3OS. The highest BCUT2D eigenvalue weighted by molar-refractivity contribution is 7.99. The van der Waals surface area contributed by atoms with Crippen molar-refractivity contribution in [2.75, 3.05) is 12.4 Å². The number of aryl methyl sites for hydroxylation is 1. The number of thioether (sulfide) groups is 1. The maximum atomic E-state index is 9.50. The first kappa shape index (κ1) is 13.9. The Balaban J connectivity index is 1.68. The number of rotatable bonds is 8. The van der Waals surface area contributed by atoms with Gasteiger partial charge in [-0.3, -0.25) is 0 Å². The number of hydrogen-bond donors (Lipinski definition) is 2. The molecule has 1 fully saturated rings. The van der Waals surface area contributed by atoms with Crippen LogP contribution in [0.5, 0.6) is 0 Å². The van der Waals surface area contributed by atoms with E-state index in [-0.39, 0.29) is 12.1 Å². The smallest absolute Gasteiger partial charge is 0.167 e. The normalized spacial score (nSPS) is 18.8. The van der Waals surface area contributed by atoms with Gasteiger partial charge in [0.05, 0.1) is 6.61 Å². The monoisotopic (exact) mass is 269 g/mol. The number of nitrogens with one attached hydrogen (secondary N) is 1. The molecule has 0 amide bonds. The average molecular weight is 269 g/mol. The highest BCUT2D eigenvalue weighted by Gasteiger charge is 2.31. The largest absolute Gasteiger partial charge is 0.394 e. The van der Waals surface area contributed by atoms with Crippen molar-refractivity contribution in [3.05, 3.63) is 12.4 Å². The van der Waals surface area contributed by atoms with Crippen LogP contribution in [-0.2, 0) is 7.05 Å². The van der Waals surface area contributed by atoms with Gasteiger partial charge in [0.2, 0.25) is 0 Å². The summed E-state index contributed by atoms with van der Waals surface area (Å²) in [6, 6.07) is 0.643. The number of aromatic nitrogens is 2. The molecule has 102 valence electrons. The van der Waals surface area contributed by atoms with E-state index in [1.54, 1.807) is 11.8 Å². The summed E-state index contributed by atoms with van der Waals surface area (Å²) in [5, 5.41) is 14.1. The zero-order chi connectivity index (χ0) is 13.0. The third kappa shape index (κ3) is 4.00. The molecule has 1 aliphatic carbocycles. The fourth-order valence-electron chi connectivity index (χ4n) is 2.03. The van der Waals surface area contributed by atoms with Crippen molar-refractivity contribution in [3.8, 4) is 0 Å². The van der Waals surface area contributed by atoms with Gasteiger partial charge in [0, 0.05) is 36.8 Å². The van der Waals surface area contributed by atoms with Crippen LogP contribution in [0.2, 0.25) is 0 Å². The molecule has 5 heteroatoms. The third-order valence-corrected chi connectivity index (χ3v) is 4.50. The number of imidazole rings is 1. The maximum Gasteiger partial charge on any atom is 0.167 e. The van der Waals surface area contributed by atoms with Crippen LogP contribution >= 0.6 is 11.8 Å². The fraction of sp³-hybridized carbons (Fsp3) is 0.769. The number of hydrogen-bond acceptors (Lipinski definition) is 4. The highest BCUT2D eigenvalue weighted by atomic mass is 32.2. The minimum absolute atomic E-state index is 0.108. The van der Waals surface area contributed by atoms with Gasteiger partial charge in [-0.1, -0.05) is 11.8 Å². The van der Waals surface area contributed by atoms with E-state index < -0.39 is 0 Å². The molecule has 1 heterocycles. The van der Waals surface area contributed by atoms with Crippen LogP contribution in [0.1, 0.15) is 32.6 Å². The first-order chi connectivity index (χ1) is 8.63. The highest BCUT2D eigenvalue weighted by Crippen LogP contribution is 2.25. The summed E-state index contributed by atoms with van der Waals surface area (Å²) in [6.45, 7) is 2.34. The van der Waals surface area contributed by atoms with Gasteiger partial charge >= 0.3 is 0 Å². The minimum Gasteiger partial charge on any atom is -0.394 e. The molecular weight excluding hydrogens is 246 g/mol. The van der Waals surface area contributed by atoms with Crippen molar-refractivity contribution < 1.29 is 5.11 Å². The van der Waals surface area contributed by atoms with Gasteiger partial charge in [-0.2, -0.15) is 0 Å². The molecule has 0 bridgehead atoms. The van der Waals surface area contributed by atoms with Gasteiger partial charge in [-0.25, -0.2) is 4.98 Å². The molecule has 1 aromatic heterocycles. The molecule has 1 unspecified atom stereocenters. The van der Waals surface area contributed by atoms with Crippen LogP contribution in [0, 0.1) is 0 Å². The molecule has 0 aliphatic heterocycles. The van der Waals surface area contributed by atoms with E-state index in [0.717, 1.165) is 23.8 Å². The van der Waals surface area contributed by atoms with Crippen molar-refractivity contribution >= 4 is 11.8 Å². The van der Waals surface area contributed by atoms with Gasteiger partial charge in [-0.15, -0.1) is 0 Å². The molecule has 0 aromatic carbocycles. The van der Waals surface area contributed by atoms with Crippen molar-refractivity contribution in [2.45, 2.75) is 49.3 Å². The van der Waals surface area contributed by atoms with Gasteiger partial charge in [0.15, 0.2) is 5.16 Å². The van der Waals surface area contributed by atoms with E-state index >= 15 is 0 Å². The van der Waals surface area contributed by atoms with Crippen LogP contribution in [0.3, 0.4) is 0 Å². The van der Waals surface area contributed by atoms with Crippen LogP contribution < -0.4 is 5.32 Å². The van der Waals surface area contributed by atoms with E-state index in [4.69, 9.17) is 0 Å². The summed E-state index contributed by atoms with van der Waals surface area (Å²) in [7, 11) is 2.02. The topological polar surface area (TPSA) is 50.1 Å². The standard InChI is InChI=1S/C13H23N3OS/c1-13(10-17,15-11-4-5-11)6-3-9-18-12-14-7-8-16(12)2/h7-8,11,15,17H,3-6,9-10H2,1-2H3. The Morgan fingerprint density at radius 2 is 2.39 bits per heavy atom. The van der Waals surface area contributed by atoms with Crippen LogP contribution in [0.4, 0.5) is 0 Å². The average Bonchev–Trinajstić information content (AvgIpc) is 3.07. The Labute approximate surface area is 113 Å². The Morgan fingerprint density at radius 3 is 2.94 bits per heavy atom. The lowest BCUT2D eigenvalue weighted by molar-refractivity contribution is 0.163. The quantitative estimate of drug-likeness (QED) is 0.558. The third-order valence-electron chi connectivity index (χ3n) is 3.36. The number of nitrogens with zero attached hydrogens (tertiary/aromatic N) is 2. The molecule has 2 N–H and O–H groups in total. The van der Waals surface area contributed by atoms with E-state index in [1.165, 1.54) is 12.8 Å². The molecule has 1 aliphatic rings. The van der Waals surface area contributed by atoms with E-state index in [9.17, 15) is 5.11 Å². The summed E-state index contributed by atoms with van der Waals surface area (Å²) in [4.78, 5) is 4.29. The summed E-state index contributed by atoms with van der Waals surface area (Å²) < 4.78 is 2.04. The maximum absolute atomic E-state index is 9.50. The number of aliphatic hydroxyl groups is 1. The zero-order valence-electron chi connectivity index (χ0n) is 11.2. The minimum atomic E-state index is -0.108. The summed E-state index contributed by atoms with van der Waals surface area (Å²) in [5.74, 6) is 1.05. The van der Waals surface area contributed by atoms with Crippen molar-refractivity contribution in [3.63, 3.8) is 0 Å². The lowest BCUT2D eigenvalue weighted by Crippen LogP contribution is -2.46. The predicted octanol–water partition coefficient (Wildman–Crippen LogP) is 1.80. The van der Waals surface area contributed by atoms with E-state index in [1.807, 2.05) is 24.0 Å². The first-order valence-corrected chi connectivity index (χ1v) is 7.60. The lowest BCUT2D eigenvalue weighted by Gasteiger charge is -2.29. The molecule has 4 nitrogen and oxygen atoms in total. The first-order valence-electron chi connectivity index (χ1n) is 6.62. The molecule has 18 heavy (non-hydrogen) atoms. The lowest BCUT2D eigenvalue weighted by atomic mass is 9.97. The Bertz CT molecular complexity index is 378. The molecule has 1 aromatic rings. The van der Waals surface area contributed by atoms with Crippen LogP contribution in [-0.4, -0.2) is 38.6 Å². The summed E-state index contributed by atoms with van der Waals surface area (Å²) >= 11 is 1.78. The van der Waals surface area contributed by atoms with Gasteiger partial charge in [0.25, 0.3) is 0 Å². The summed E-state index contributed by atoms with van der Waals surface area (Å²) in [5.41, 5.74) is -0.108. The van der Waals surface area contributed by atoms with Gasteiger partial charge in [-0.05, 0) is 32.6 Å². The molecule has 1 atom stereocenters. The predicted molar refractivity (Wildman–Crippen MR) is 74.8 cm³/mol. The molecule has 1 saturated carbocycles. The van der Waals surface area contributed by atoms with E-state index in [2.05, 4.69) is 17.2 Å². The van der Waals surface area contributed by atoms with Crippen LogP contribution in [0.25, 0.3) is 0 Å². The van der Waals surface area contributed by atoms with Gasteiger partial charge in [0.1, 0.15) is 0 Å². The van der Waals surface area contributed by atoms with E-state index in [0.29, 0.717) is 6.04 Å². The Hall–Kier alpha value is -0.520. The summed E-state index contributed by atoms with van der Waals surface area (Å²) in [6.07, 6.45) is 8.42. The van der Waals surface area contributed by atoms with Crippen molar-refractivity contribution in [1.29, 1.82) is 0 Å². The van der Waals surface area contributed by atoms with Crippen LogP contribution in [0.15, 0.2) is 17.6 Å². The zero-order valence-corrected chi connectivity index (χ0v) is 12.0. The number of aliphatic hydroxyl groups excluding tert-OH is 1. The second-order valence-electron chi connectivity index (χ2n) is 5.41. The molecule has 2 rings (SSSR count). The Morgan fingerprint density at radius 1 is 1.61 bits per heavy atom. The molecule has 0 spiro atoms. The fourth-order valence-corrected chi connectivity index (χ4v) is 2.91. The SMILES string of the molecule is Cn1ccnc1SCCCC(C)(CO)NC1CC1. The Kier molecular flexibility index (Phi) is 4.70. The second-order valence-corrected chi connectivity index (χ2v) is 6.47. The second kappa shape index (κ2) is 6.08. The van der Waals surface area contributed by atoms with Crippen molar-refractivity contribution in [1.82, 2.24) is 14.9 Å². The molecule has 0 saturated heterocycles.